The Balaban J connectivity index is 1.69. The zero-order valence-corrected chi connectivity index (χ0v) is 20.5. The molecule has 0 fully saturated rings. The first-order chi connectivity index (χ1) is 16.7. The van der Waals surface area contributed by atoms with Crippen LogP contribution in [-0.2, 0) is 10.0 Å². The molecule has 0 aliphatic carbocycles. The van der Waals surface area contributed by atoms with Crippen molar-refractivity contribution in [1.29, 1.82) is 0 Å². The molecular weight excluding hydrogens is 468 g/mol. The third kappa shape index (κ3) is 7.21. The first kappa shape index (κ1) is 25.6. The number of nitrogens with one attached hydrogen (secondary N) is 4. The molecule has 0 spiro atoms. The summed E-state index contributed by atoms with van der Waals surface area (Å²) in [5.74, 6) is 0.190. The number of amides is 3. The standard InChI is InChI=1S/C25H28N4O5S/c1-4-34-20-13-11-19(12-14-20)29-35(32,33)21-15-9-18(10-16-21)24(30)27-22-7-5-6-8-23(22)28-25(31)26-17(2)3/h5-17,29H,4H2,1-3H3,(H,27,30)(H2,26,28,31). The van der Waals surface area contributed by atoms with Gasteiger partial charge in [0, 0.05) is 17.3 Å². The predicted molar refractivity (Wildman–Crippen MR) is 137 cm³/mol. The number of sulfonamides is 1. The maximum atomic E-state index is 12.8. The minimum atomic E-state index is -3.85. The summed E-state index contributed by atoms with van der Waals surface area (Å²) >= 11 is 0. The maximum Gasteiger partial charge on any atom is 0.319 e. The van der Waals surface area contributed by atoms with E-state index in [1.165, 1.54) is 24.3 Å². The van der Waals surface area contributed by atoms with Gasteiger partial charge in [-0.15, -0.1) is 0 Å². The van der Waals surface area contributed by atoms with Gasteiger partial charge >= 0.3 is 6.03 Å². The molecule has 184 valence electrons. The molecule has 0 bridgehead atoms. The lowest BCUT2D eigenvalue weighted by atomic mass is 10.2. The molecule has 3 amide bonds. The number of benzene rings is 3. The highest BCUT2D eigenvalue weighted by molar-refractivity contribution is 7.92. The van der Waals surface area contributed by atoms with Crippen molar-refractivity contribution in [3.63, 3.8) is 0 Å². The number of hydrogen-bond donors (Lipinski definition) is 4. The maximum absolute atomic E-state index is 12.8. The first-order valence-corrected chi connectivity index (χ1v) is 12.5. The van der Waals surface area contributed by atoms with E-state index >= 15 is 0 Å². The summed E-state index contributed by atoms with van der Waals surface area (Å²) < 4.78 is 33.3. The van der Waals surface area contributed by atoms with Gasteiger partial charge < -0.3 is 20.7 Å². The molecule has 35 heavy (non-hydrogen) atoms. The van der Waals surface area contributed by atoms with Gasteiger partial charge in [0.15, 0.2) is 0 Å². The van der Waals surface area contributed by atoms with Gasteiger partial charge in [-0.1, -0.05) is 12.1 Å². The molecule has 0 aliphatic heterocycles. The fourth-order valence-corrected chi connectivity index (χ4v) is 4.16. The van der Waals surface area contributed by atoms with E-state index in [-0.39, 0.29) is 16.5 Å². The van der Waals surface area contributed by atoms with Crippen molar-refractivity contribution in [2.75, 3.05) is 22.0 Å². The summed E-state index contributed by atoms with van der Waals surface area (Å²) in [5, 5.41) is 8.16. The van der Waals surface area contributed by atoms with Gasteiger partial charge in [-0.25, -0.2) is 13.2 Å². The highest BCUT2D eigenvalue weighted by Gasteiger charge is 2.16. The number of para-hydroxylation sites is 2. The summed E-state index contributed by atoms with van der Waals surface area (Å²) in [6, 6.07) is 18.5. The van der Waals surface area contributed by atoms with E-state index in [4.69, 9.17) is 4.74 Å². The summed E-state index contributed by atoms with van der Waals surface area (Å²) in [6.45, 7) is 6.05. The molecule has 3 aromatic rings. The zero-order chi connectivity index (χ0) is 25.4. The molecule has 0 atom stereocenters. The van der Waals surface area contributed by atoms with Gasteiger partial charge in [0.2, 0.25) is 0 Å². The van der Waals surface area contributed by atoms with Crippen LogP contribution in [0.5, 0.6) is 5.75 Å². The Labute approximate surface area is 204 Å². The smallest absolute Gasteiger partial charge is 0.319 e. The fourth-order valence-electron chi connectivity index (χ4n) is 3.10. The molecular formula is C25H28N4O5S. The van der Waals surface area contributed by atoms with E-state index in [0.29, 0.717) is 29.4 Å². The van der Waals surface area contributed by atoms with E-state index in [1.54, 1.807) is 48.5 Å². The van der Waals surface area contributed by atoms with Crippen LogP contribution >= 0.6 is 0 Å². The minimum absolute atomic E-state index is 0.00959. The molecule has 0 saturated carbocycles. The molecule has 3 rings (SSSR count). The molecule has 0 aromatic heterocycles. The first-order valence-electron chi connectivity index (χ1n) is 11.0. The average Bonchev–Trinajstić information content (AvgIpc) is 2.81. The van der Waals surface area contributed by atoms with Crippen LogP contribution < -0.4 is 25.4 Å². The number of hydrogen-bond acceptors (Lipinski definition) is 5. The Morgan fingerprint density at radius 1 is 0.857 bits per heavy atom. The number of rotatable bonds is 9. The molecule has 0 aliphatic rings. The highest BCUT2D eigenvalue weighted by Crippen LogP contribution is 2.23. The number of urea groups is 1. The quantitative estimate of drug-likeness (QED) is 0.343. The second kappa shape index (κ2) is 11.4. The van der Waals surface area contributed by atoms with E-state index in [1.807, 2.05) is 20.8 Å². The Morgan fingerprint density at radius 3 is 2.03 bits per heavy atom. The van der Waals surface area contributed by atoms with Crippen LogP contribution in [0.4, 0.5) is 21.9 Å². The van der Waals surface area contributed by atoms with Gasteiger partial charge in [0.1, 0.15) is 5.75 Å². The molecule has 9 nitrogen and oxygen atoms in total. The van der Waals surface area contributed by atoms with Gasteiger partial charge in [0.25, 0.3) is 15.9 Å². The average molecular weight is 497 g/mol. The summed E-state index contributed by atoms with van der Waals surface area (Å²) in [6.07, 6.45) is 0. The lowest BCUT2D eigenvalue weighted by molar-refractivity contribution is 0.102. The van der Waals surface area contributed by atoms with Gasteiger partial charge in [-0.2, -0.15) is 0 Å². The van der Waals surface area contributed by atoms with Crippen LogP contribution in [0, 0.1) is 0 Å². The van der Waals surface area contributed by atoms with Crippen LogP contribution in [0.25, 0.3) is 0 Å². The van der Waals surface area contributed by atoms with E-state index in [9.17, 15) is 18.0 Å². The van der Waals surface area contributed by atoms with Crippen molar-refractivity contribution in [3.8, 4) is 5.75 Å². The Hall–Kier alpha value is -4.05. The summed E-state index contributed by atoms with van der Waals surface area (Å²) in [7, 11) is -3.85. The van der Waals surface area contributed by atoms with Crippen LogP contribution in [0.2, 0.25) is 0 Å². The molecule has 0 saturated heterocycles. The van der Waals surface area contributed by atoms with Crippen LogP contribution in [0.3, 0.4) is 0 Å². The van der Waals surface area contributed by atoms with Crippen molar-refractivity contribution < 1.29 is 22.7 Å². The molecule has 4 N–H and O–H groups in total. The number of carbonyl (C=O) groups is 2. The largest absolute Gasteiger partial charge is 0.494 e. The molecule has 0 heterocycles. The topological polar surface area (TPSA) is 126 Å². The molecule has 0 radical (unpaired) electrons. The second-order valence-corrected chi connectivity index (χ2v) is 9.52. The molecule has 0 unspecified atom stereocenters. The number of carbonyl (C=O) groups excluding carboxylic acids is 2. The van der Waals surface area contributed by atoms with Gasteiger partial charge in [-0.3, -0.25) is 9.52 Å². The second-order valence-electron chi connectivity index (χ2n) is 7.84. The van der Waals surface area contributed by atoms with Crippen LogP contribution in [0.15, 0.2) is 77.7 Å². The fraction of sp³-hybridized carbons (Fsp3) is 0.200. The summed E-state index contributed by atoms with van der Waals surface area (Å²) in [5.41, 5.74) is 1.48. The lowest BCUT2D eigenvalue weighted by Gasteiger charge is -2.14. The zero-order valence-electron chi connectivity index (χ0n) is 19.7. The molecule has 3 aromatic carbocycles. The number of ether oxygens (including phenoxy) is 1. The van der Waals surface area contributed by atoms with Crippen LogP contribution in [0.1, 0.15) is 31.1 Å². The third-order valence-electron chi connectivity index (χ3n) is 4.69. The summed E-state index contributed by atoms with van der Waals surface area (Å²) in [4.78, 5) is 24.8. The lowest BCUT2D eigenvalue weighted by Crippen LogP contribution is -2.34. The van der Waals surface area contributed by atoms with Crippen LogP contribution in [-0.4, -0.2) is 33.0 Å². The SMILES string of the molecule is CCOc1ccc(NS(=O)(=O)c2ccc(C(=O)Nc3ccccc3NC(=O)NC(C)C)cc2)cc1. The van der Waals surface area contributed by atoms with E-state index in [0.717, 1.165) is 0 Å². The Morgan fingerprint density at radius 2 is 1.46 bits per heavy atom. The predicted octanol–water partition coefficient (Wildman–Crippen LogP) is 4.67. The highest BCUT2D eigenvalue weighted by atomic mass is 32.2. The Bertz CT molecular complexity index is 1270. The van der Waals surface area contributed by atoms with Gasteiger partial charge in [-0.05, 0) is 81.4 Å². The normalized spacial score (nSPS) is 11.0. The Kier molecular flexibility index (Phi) is 8.32. The van der Waals surface area contributed by atoms with Crippen molar-refractivity contribution in [2.24, 2.45) is 0 Å². The monoisotopic (exact) mass is 496 g/mol. The van der Waals surface area contributed by atoms with Crippen molar-refractivity contribution in [3.05, 3.63) is 78.4 Å². The van der Waals surface area contributed by atoms with Crippen molar-refractivity contribution >= 4 is 39.0 Å². The van der Waals surface area contributed by atoms with E-state index in [2.05, 4.69) is 20.7 Å². The van der Waals surface area contributed by atoms with Gasteiger partial charge in [0.05, 0.1) is 22.9 Å². The number of anilines is 3. The van der Waals surface area contributed by atoms with Crippen molar-refractivity contribution in [1.82, 2.24) is 5.32 Å². The van der Waals surface area contributed by atoms with Crippen molar-refractivity contribution in [2.45, 2.75) is 31.7 Å². The minimum Gasteiger partial charge on any atom is -0.494 e. The third-order valence-corrected chi connectivity index (χ3v) is 6.08. The van der Waals surface area contributed by atoms with E-state index < -0.39 is 22.0 Å². The molecule has 10 heteroatoms.